The van der Waals surface area contributed by atoms with Crippen molar-refractivity contribution in [2.45, 2.75) is 13.0 Å². The second-order valence-corrected chi connectivity index (χ2v) is 5.49. The molecule has 0 radical (unpaired) electrons. The number of rotatable bonds is 5. The van der Waals surface area contributed by atoms with Gasteiger partial charge < -0.3 is 10.5 Å². The van der Waals surface area contributed by atoms with Crippen LogP contribution >= 0.6 is 34.8 Å². The second kappa shape index (κ2) is 7.19. The monoisotopic (exact) mass is 329 g/mol. The molecule has 0 aliphatic rings. The average molecular weight is 331 g/mol. The molecule has 0 spiro atoms. The van der Waals surface area contributed by atoms with E-state index in [9.17, 15) is 0 Å². The number of nitrogens with two attached hydrogens (primary N) is 1. The molecule has 2 rings (SSSR count). The van der Waals surface area contributed by atoms with Gasteiger partial charge in [-0.1, -0.05) is 46.9 Å². The van der Waals surface area contributed by atoms with E-state index in [4.69, 9.17) is 45.3 Å². The summed E-state index contributed by atoms with van der Waals surface area (Å²) in [5.74, 6) is 0.748. The third kappa shape index (κ3) is 3.80. The Bertz CT molecular complexity index is 584. The third-order valence-electron chi connectivity index (χ3n) is 2.88. The molecule has 0 fully saturated rings. The normalized spacial score (nSPS) is 10.6. The summed E-state index contributed by atoms with van der Waals surface area (Å²) in [6.07, 6.45) is 0.853. The maximum Gasteiger partial charge on any atom is 0.119 e. The molecule has 0 saturated carbocycles. The Labute approximate surface area is 133 Å². The molecule has 20 heavy (non-hydrogen) atoms. The Morgan fingerprint density at radius 2 is 1.55 bits per heavy atom. The van der Waals surface area contributed by atoms with E-state index in [1.165, 1.54) is 5.56 Å². The van der Waals surface area contributed by atoms with Gasteiger partial charge in [-0.25, -0.2) is 0 Å². The highest BCUT2D eigenvalue weighted by Gasteiger charge is 2.10. The van der Waals surface area contributed by atoms with Gasteiger partial charge >= 0.3 is 0 Å². The first kappa shape index (κ1) is 15.5. The summed E-state index contributed by atoms with van der Waals surface area (Å²) in [4.78, 5) is 0. The van der Waals surface area contributed by atoms with Crippen LogP contribution in [0.15, 0.2) is 36.4 Å². The molecule has 0 unspecified atom stereocenters. The Balaban J connectivity index is 2.07. The third-order valence-corrected chi connectivity index (χ3v) is 4.08. The van der Waals surface area contributed by atoms with Crippen molar-refractivity contribution in [2.75, 3.05) is 6.54 Å². The molecule has 0 aromatic heterocycles. The highest BCUT2D eigenvalue weighted by molar-refractivity contribution is 6.44. The zero-order valence-corrected chi connectivity index (χ0v) is 13.0. The molecule has 0 amide bonds. The van der Waals surface area contributed by atoms with Crippen LogP contribution in [0.2, 0.25) is 15.1 Å². The first-order valence-corrected chi connectivity index (χ1v) is 7.29. The lowest BCUT2D eigenvalue weighted by Gasteiger charge is -2.11. The maximum atomic E-state index is 6.12. The first-order chi connectivity index (χ1) is 9.61. The molecule has 0 saturated heterocycles. The maximum absolute atomic E-state index is 6.12. The van der Waals surface area contributed by atoms with E-state index >= 15 is 0 Å². The van der Waals surface area contributed by atoms with Crippen LogP contribution in [0.25, 0.3) is 0 Å². The average Bonchev–Trinajstić information content (AvgIpc) is 2.45. The van der Waals surface area contributed by atoms with Gasteiger partial charge in [-0.2, -0.15) is 0 Å². The summed E-state index contributed by atoms with van der Waals surface area (Å²) in [6.45, 7) is 0.905. The Morgan fingerprint density at radius 3 is 2.20 bits per heavy atom. The summed E-state index contributed by atoms with van der Waals surface area (Å²) in [5.41, 5.74) is 7.37. The lowest BCUT2D eigenvalue weighted by molar-refractivity contribution is 0.306. The van der Waals surface area contributed by atoms with E-state index in [0.717, 1.165) is 12.2 Å². The van der Waals surface area contributed by atoms with Crippen molar-refractivity contribution in [1.29, 1.82) is 0 Å². The van der Waals surface area contributed by atoms with Gasteiger partial charge in [-0.15, -0.1) is 0 Å². The van der Waals surface area contributed by atoms with Crippen molar-refractivity contribution < 1.29 is 4.74 Å². The van der Waals surface area contributed by atoms with Gasteiger partial charge in [-0.3, -0.25) is 0 Å². The fraction of sp³-hybridized carbons (Fsp3) is 0.200. The predicted molar refractivity (Wildman–Crippen MR) is 85.0 cm³/mol. The van der Waals surface area contributed by atoms with Gasteiger partial charge in [0.1, 0.15) is 12.4 Å². The standard InChI is InChI=1S/C15H14Cl3NO/c16-13-5-6-14(17)15(18)12(13)9-20-11-3-1-10(2-4-11)7-8-19/h1-6H,7-9,19H2. The molecule has 0 aliphatic heterocycles. The van der Waals surface area contributed by atoms with Crippen LogP contribution in [-0.4, -0.2) is 6.54 Å². The number of ether oxygens (including phenoxy) is 1. The van der Waals surface area contributed by atoms with Gasteiger partial charge in [-0.05, 0) is 42.8 Å². The molecule has 0 heterocycles. The van der Waals surface area contributed by atoms with Gasteiger partial charge in [0, 0.05) is 10.6 Å². The van der Waals surface area contributed by atoms with Crippen molar-refractivity contribution in [3.63, 3.8) is 0 Å². The molecule has 5 heteroatoms. The fourth-order valence-corrected chi connectivity index (χ4v) is 2.43. The summed E-state index contributed by atoms with van der Waals surface area (Å²) >= 11 is 18.2. The minimum atomic E-state index is 0.272. The fourth-order valence-electron chi connectivity index (χ4n) is 1.78. The van der Waals surface area contributed by atoms with Crippen LogP contribution in [0.1, 0.15) is 11.1 Å². The summed E-state index contributed by atoms with van der Waals surface area (Å²) in [6, 6.07) is 11.2. The highest BCUT2D eigenvalue weighted by Crippen LogP contribution is 2.32. The zero-order chi connectivity index (χ0) is 14.5. The van der Waals surface area contributed by atoms with Crippen molar-refractivity contribution >= 4 is 34.8 Å². The van der Waals surface area contributed by atoms with Crippen LogP contribution in [0.5, 0.6) is 5.75 Å². The largest absolute Gasteiger partial charge is 0.489 e. The topological polar surface area (TPSA) is 35.2 Å². The molecule has 0 atom stereocenters. The molecule has 2 nitrogen and oxygen atoms in total. The molecule has 2 aromatic carbocycles. The summed E-state index contributed by atoms with van der Waals surface area (Å²) < 4.78 is 5.68. The van der Waals surface area contributed by atoms with E-state index in [0.29, 0.717) is 27.2 Å². The Kier molecular flexibility index (Phi) is 5.55. The quantitative estimate of drug-likeness (QED) is 0.805. The smallest absolute Gasteiger partial charge is 0.119 e. The minimum absolute atomic E-state index is 0.272. The molecular weight excluding hydrogens is 317 g/mol. The van der Waals surface area contributed by atoms with Crippen LogP contribution in [0.4, 0.5) is 0 Å². The molecule has 2 N–H and O–H groups in total. The lowest BCUT2D eigenvalue weighted by atomic mass is 10.1. The lowest BCUT2D eigenvalue weighted by Crippen LogP contribution is -2.02. The van der Waals surface area contributed by atoms with Crippen LogP contribution in [0.3, 0.4) is 0 Å². The van der Waals surface area contributed by atoms with Crippen molar-refractivity contribution in [1.82, 2.24) is 0 Å². The van der Waals surface area contributed by atoms with E-state index in [-0.39, 0.29) is 6.61 Å². The molecule has 2 aromatic rings. The molecule has 0 bridgehead atoms. The minimum Gasteiger partial charge on any atom is -0.489 e. The van der Waals surface area contributed by atoms with E-state index < -0.39 is 0 Å². The van der Waals surface area contributed by atoms with E-state index in [1.54, 1.807) is 12.1 Å². The van der Waals surface area contributed by atoms with E-state index in [1.807, 2.05) is 24.3 Å². The second-order valence-electron chi connectivity index (χ2n) is 4.29. The summed E-state index contributed by atoms with van der Waals surface area (Å²) in [7, 11) is 0. The molecule has 106 valence electrons. The van der Waals surface area contributed by atoms with E-state index in [2.05, 4.69) is 0 Å². The van der Waals surface area contributed by atoms with Crippen LogP contribution in [0, 0.1) is 0 Å². The highest BCUT2D eigenvalue weighted by atomic mass is 35.5. The van der Waals surface area contributed by atoms with Crippen molar-refractivity contribution in [2.24, 2.45) is 5.73 Å². The number of benzene rings is 2. The van der Waals surface area contributed by atoms with Crippen LogP contribution in [-0.2, 0) is 13.0 Å². The SMILES string of the molecule is NCCc1ccc(OCc2c(Cl)ccc(Cl)c2Cl)cc1. The van der Waals surface area contributed by atoms with Crippen LogP contribution < -0.4 is 10.5 Å². The van der Waals surface area contributed by atoms with Gasteiger partial charge in [0.15, 0.2) is 0 Å². The van der Waals surface area contributed by atoms with Crippen molar-refractivity contribution in [3.05, 3.63) is 62.6 Å². The Morgan fingerprint density at radius 1 is 0.900 bits per heavy atom. The first-order valence-electron chi connectivity index (χ1n) is 6.16. The number of hydrogen-bond donors (Lipinski definition) is 1. The number of hydrogen-bond acceptors (Lipinski definition) is 2. The zero-order valence-electron chi connectivity index (χ0n) is 10.7. The van der Waals surface area contributed by atoms with Gasteiger partial charge in [0.25, 0.3) is 0 Å². The van der Waals surface area contributed by atoms with Gasteiger partial charge in [0.05, 0.1) is 10.0 Å². The number of halogens is 3. The molecular formula is C15H14Cl3NO. The Hall–Kier alpha value is -0.930. The van der Waals surface area contributed by atoms with Crippen molar-refractivity contribution in [3.8, 4) is 5.75 Å². The molecule has 0 aliphatic carbocycles. The predicted octanol–water partition coefficient (Wildman–Crippen LogP) is 4.73. The summed E-state index contributed by atoms with van der Waals surface area (Å²) in [5, 5.41) is 1.44. The van der Waals surface area contributed by atoms with Gasteiger partial charge in [0.2, 0.25) is 0 Å².